The molecule has 0 rings (SSSR count). The Morgan fingerprint density at radius 3 is 2.83 bits per heavy atom. The first-order valence-electron chi connectivity index (χ1n) is 3.23. The number of carboxylic acid groups (broad SMARTS) is 1. The summed E-state index contributed by atoms with van der Waals surface area (Å²) in [6.07, 6.45) is 1.04. The van der Waals surface area contributed by atoms with Gasteiger partial charge >= 0.3 is 5.97 Å². The zero-order valence-electron chi connectivity index (χ0n) is 6.34. The van der Waals surface area contributed by atoms with E-state index in [-0.39, 0.29) is 19.5 Å². The van der Waals surface area contributed by atoms with Gasteiger partial charge in [-0.3, -0.25) is 9.79 Å². The lowest BCUT2D eigenvalue weighted by molar-refractivity contribution is -0.140. The lowest BCUT2D eigenvalue weighted by Gasteiger charge is -2.04. The molecule has 0 aliphatic heterocycles. The van der Waals surface area contributed by atoms with Crippen LogP contribution >= 0.6 is 0 Å². The van der Waals surface area contributed by atoms with Crippen molar-refractivity contribution < 1.29 is 19.4 Å². The lowest BCUT2D eigenvalue weighted by Crippen LogP contribution is -2.20. The van der Waals surface area contributed by atoms with Gasteiger partial charge in [0.1, 0.15) is 0 Å². The first-order chi connectivity index (χ1) is 5.72. The van der Waals surface area contributed by atoms with Gasteiger partial charge in [-0.1, -0.05) is 0 Å². The highest BCUT2D eigenvalue weighted by atomic mass is 16.5. The average molecular weight is 174 g/mol. The first-order valence-corrected chi connectivity index (χ1v) is 3.23. The molecule has 0 aromatic rings. The largest absolute Gasteiger partial charge is 0.480 e. The predicted octanol–water partition coefficient (Wildman–Crippen LogP) is -1.01. The van der Waals surface area contributed by atoms with E-state index in [2.05, 4.69) is 9.73 Å². The Bertz CT molecular complexity index is 180. The summed E-state index contributed by atoms with van der Waals surface area (Å²) >= 11 is 0. The maximum atomic E-state index is 10.4. The Balaban J connectivity index is 3.79. The summed E-state index contributed by atoms with van der Waals surface area (Å²) in [7, 11) is 0. The number of hydrogen-bond acceptors (Lipinski definition) is 4. The van der Waals surface area contributed by atoms with Crippen molar-refractivity contribution in [1.29, 1.82) is 0 Å². The zero-order valence-corrected chi connectivity index (χ0v) is 6.34. The summed E-state index contributed by atoms with van der Waals surface area (Å²) in [5.74, 6) is -1.09. The SMILES string of the molecule is NC=NC(CCOC=O)C(=O)O. The molecular formula is C6H10N2O4. The monoisotopic (exact) mass is 174 g/mol. The van der Waals surface area contributed by atoms with Crippen molar-refractivity contribution >= 4 is 18.8 Å². The summed E-state index contributed by atoms with van der Waals surface area (Å²) in [5.41, 5.74) is 4.91. The van der Waals surface area contributed by atoms with Crippen LogP contribution in [0.15, 0.2) is 4.99 Å². The van der Waals surface area contributed by atoms with Crippen LogP contribution in [-0.4, -0.2) is 36.5 Å². The van der Waals surface area contributed by atoms with Crippen LogP contribution < -0.4 is 5.73 Å². The molecule has 0 aromatic carbocycles. The third-order valence-corrected chi connectivity index (χ3v) is 1.13. The molecule has 6 nitrogen and oxygen atoms in total. The number of carboxylic acids is 1. The summed E-state index contributed by atoms with van der Waals surface area (Å²) in [6, 6.07) is -0.935. The van der Waals surface area contributed by atoms with E-state index in [1.807, 2.05) is 0 Å². The van der Waals surface area contributed by atoms with Crippen LogP contribution in [0.4, 0.5) is 0 Å². The molecule has 12 heavy (non-hydrogen) atoms. The van der Waals surface area contributed by atoms with E-state index < -0.39 is 12.0 Å². The summed E-state index contributed by atoms with van der Waals surface area (Å²) in [6.45, 7) is 0.281. The number of ether oxygens (including phenoxy) is 1. The van der Waals surface area contributed by atoms with Gasteiger partial charge in [-0.15, -0.1) is 0 Å². The van der Waals surface area contributed by atoms with E-state index >= 15 is 0 Å². The number of rotatable bonds is 6. The van der Waals surface area contributed by atoms with E-state index in [4.69, 9.17) is 10.8 Å². The number of nitrogens with zero attached hydrogens (tertiary/aromatic N) is 1. The molecule has 68 valence electrons. The van der Waals surface area contributed by atoms with Crippen molar-refractivity contribution in [3.05, 3.63) is 0 Å². The molecule has 0 fully saturated rings. The van der Waals surface area contributed by atoms with Gasteiger partial charge in [-0.05, 0) is 0 Å². The fraction of sp³-hybridized carbons (Fsp3) is 0.500. The Kier molecular flexibility index (Phi) is 5.33. The van der Waals surface area contributed by atoms with Crippen LogP contribution in [0, 0.1) is 0 Å². The minimum atomic E-state index is -1.09. The molecule has 1 unspecified atom stereocenters. The highest BCUT2D eigenvalue weighted by Gasteiger charge is 2.14. The number of aliphatic imine (C=N–C) groups is 1. The predicted molar refractivity (Wildman–Crippen MR) is 40.7 cm³/mol. The van der Waals surface area contributed by atoms with E-state index in [9.17, 15) is 9.59 Å². The lowest BCUT2D eigenvalue weighted by atomic mass is 10.2. The van der Waals surface area contributed by atoms with Crippen molar-refractivity contribution in [1.82, 2.24) is 0 Å². The quantitative estimate of drug-likeness (QED) is 0.232. The van der Waals surface area contributed by atoms with E-state index in [1.165, 1.54) is 0 Å². The smallest absolute Gasteiger partial charge is 0.328 e. The van der Waals surface area contributed by atoms with Gasteiger partial charge in [0.05, 0.1) is 12.9 Å². The summed E-state index contributed by atoms with van der Waals surface area (Å²) in [4.78, 5) is 23.5. The molecule has 0 saturated carbocycles. The van der Waals surface area contributed by atoms with Gasteiger partial charge in [0.2, 0.25) is 0 Å². The Morgan fingerprint density at radius 1 is 1.75 bits per heavy atom. The molecule has 0 aliphatic carbocycles. The molecule has 6 heteroatoms. The molecule has 0 aromatic heterocycles. The molecule has 0 bridgehead atoms. The third kappa shape index (κ3) is 4.26. The molecule has 1 atom stereocenters. The van der Waals surface area contributed by atoms with Crippen molar-refractivity contribution in [2.24, 2.45) is 10.7 Å². The van der Waals surface area contributed by atoms with Crippen molar-refractivity contribution in [3.63, 3.8) is 0 Å². The van der Waals surface area contributed by atoms with Gasteiger partial charge in [0.15, 0.2) is 6.04 Å². The third-order valence-electron chi connectivity index (χ3n) is 1.13. The molecule has 0 spiro atoms. The number of carbonyl (C=O) groups excluding carboxylic acids is 1. The Hall–Kier alpha value is -1.59. The first kappa shape index (κ1) is 10.4. The highest BCUT2D eigenvalue weighted by Crippen LogP contribution is 1.97. The molecule has 0 radical (unpaired) electrons. The van der Waals surface area contributed by atoms with Crippen LogP contribution in [0.3, 0.4) is 0 Å². The Morgan fingerprint density at radius 2 is 2.42 bits per heavy atom. The average Bonchev–Trinajstić information content (AvgIpc) is 2.03. The van der Waals surface area contributed by atoms with Crippen LogP contribution in [0.2, 0.25) is 0 Å². The van der Waals surface area contributed by atoms with E-state index in [0.717, 1.165) is 6.34 Å². The zero-order chi connectivity index (χ0) is 9.40. The van der Waals surface area contributed by atoms with Crippen LogP contribution in [-0.2, 0) is 14.3 Å². The summed E-state index contributed by atoms with van der Waals surface area (Å²) in [5, 5.41) is 8.49. The minimum absolute atomic E-state index is 0.0256. The molecule has 0 aliphatic rings. The number of carbonyl (C=O) groups is 2. The fourth-order valence-corrected chi connectivity index (χ4v) is 0.593. The topological polar surface area (TPSA) is 102 Å². The van der Waals surface area contributed by atoms with Gasteiger partial charge in [-0.2, -0.15) is 0 Å². The number of nitrogens with two attached hydrogens (primary N) is 1. The van der Waals surface area contributed by atoms with Crippen molar-refractivity contribution in [2.45, 2.75) is 12.5 Å². The van der Waals surface area contributed by atoms with Gasteiger partial charge < -0.3 is 15.6 Å². The maximum Gasteiger partial charge on any atom is 0.328 e. The second-order valence-electron chi connectivity index (χ2n) is 1.91. The molecule has 0 amide bonds. The highest BCUT2D eigenvalue weighted by molar-refractivity contribution is 5.75. The maximum absolute atomic E-state index is 10.4. The molecule has 3 N–H and O–H groups in total. The Labute approximate surface area is 69.0 Å². The fourth-order valence-electron chi connectivity index (χ4n) is 0.593. The number of hydrogen-bond donors (Lipinski definition) is 2. The van der Waals surface area contributed by atoms with Gasteiger partial charge in [0, 0.05) is 6.42 Å². The standard InChI is InChI=1S/C6H10N2O4/c7-3-8-5(6(10)11)1-2-12-4-9/h3-5H,1-2H2,(H2,7,8)(H,10,11). The minimum Gasteiger partial charge on any atom is -0.480 e. The molecule has 0 saturated heterocycles. The summed E-state index contributed by atoms with van der Waals surface area (Å²) < 4.78 is 4.30. The molecule has 0 heterocycles. The second kappa shape index (κ2) is 6.14. The van der Waals surface area contributed by atoms with Crippen LogP contribution in [0.1, 0.15) is 6.42 Å². The number of aliphatic carboxylic acids is 1. The van der Waals surface area contributed by atoms with Crippen LogP contribution in [0.5, 0.6) is 0 Å². The van der Waals surface area contributed by atoms with E-state index in [1.54, 1.807) is 0 Å². The van der Waals surface area contributed by atoms with Crippen molar-refractivity contribution in [3.8, 4) is 0 Å². The van der Waals surface area contributed by atoms with Crippen LogP contribution in [0.25, 0.3) is 0 Å². The molecular weight excluding hydrogens is 164 g/mol. The second-order valence-corrected chi connectivity index (χ2v) is 1.91. The van der Waals surface area contributed by atoms with Crippen molar-refractivity contribution in [2.75, 3.05) is 6.61 Å². The van der Waals surface area contributed by atoms with Gasteiger partial charge in [0.25, 0.3) is 6.47 Å². The normalized spacial score (nSPS) is 12.7. The van der Waals surface area contributed by atoms with E-state index in [0.29, 0.717) is 0 Å². The van der Waals surface area contributed by atoms with Gasteiger partial charge in [-0.25, -0.2) is 4.79 Å².